The van der Waals surface area contributed by atoms with Crippen LogP contribution in [0.2, 0.25) is 0 Å². The molecule has 2 aromatic carbocycles. The normalized spacial score (nSPS) is 12.2. The van der Waals surface area contributed by atoms with E-state index in [1.165, 1.54) is 11.1 Å². The molecule has 1 unspecified atom stereocenters. The summed E-state index contributed by atoms with van der Waals surface area (Å²) in [6.45, 7) is 4.19. The number of aliphatic hydroxyl groups excluding tert-OH is 1. The molecule has 0 bridgehead atoms. The van der Waals surface area contributed by atoms with Crippen LogP contribution < -0.4 is 4.74 Å². The number of ether oxygens (including phenoxy) is 1. The van der Waals surface area contributed by atoms with Gasteiger partial charge in [0.15, 0.2) is 0 Å². The van der Waals surface area contributed by atoms with Crippen LogP contribution in [-0.4, -0.2) is 12.2 Å². The molecular formula is C17H20O2. The van der Waals surface area contributed by atoms with Crippen molar-refractivity contribution in [3.8, 4) is 5.75 Å². The Bertz CT molecular complexity index is 561. The number of aryl methyl sites for hydroxylation is 2. The molecule has 0 aromatic heterocycles. The molecule has 0 aliphatic carbocycles. The lowest BCUT2D eigenvalue weighted by molar-refractivity contribution is 0.178. The van der Waals surface area contributed by atoms with Gasteiger partial charge in [-0.15, -0.1) is 0 Å². The zero-order chi connectivity index (χ0) is 13.8. The molecule has 100 valence electrons. The number of hydrogen-bond donors (Lipinski definition) is 1. The standard InChI is InChI=1S/C17H20O2/c1-12-7-8-14(9-13(12)2)10-17(18)15-5-4-6-16(11-15)19-3/h4-9,11,17-18H,10H2,1-3H3. The molecule has 0 aliphatic rings. The van der Waals surface area contributed by atoms with Gasteiger partial charge in [0.2, 0.25) is 0 Å². The first-order chi connectivity index (χ1) is 9.10. The lowest BCUT2D eigenvalue weighted by Crippen LogP contribution is -2.02. The minimum Gasteiger partial charge on any atom is -0.497 e. The molecule has 0 spiro atoms. The zero-order valence-electron chi connectivity index (χ0n) is 11.7. The Labute approximate surface area is 114 Å². The predicted molar refractivity (Wildman–Crippen MR) is 77.6 cm³/mol. The Balaban J connectivity index is 2.15. The van der Waals surface area contributed by atoms with Gasteiger partial charge in [0.05, 0.1) is 13.2 Å². The van der Waals surface area contributed by atoms with Crippen molar-refractivity contribution in [2.45, 2.75) is 26.4 Å². The molecule has 2 nitrogen and oxygen atoms in total. The minimum atomic E-state index is -0.503. The highest BCUT2D eigenvalue weighted by Gasteiger charge is 2.10. The van der Waals surface area contributed by atoms with Gasteiger partial charge in [-0.25, -0.2) is 0 Å². The van der Waals surface area contributed by atoms with Crippen molar-refractivity contribution in [2.75, 3.05) is 7.11 Å². The van der Waals surface area contributed by atoms with Crippen LogP contribution >= 0.6 is 0 Å². The van der Waals surface area contributed by atoms with Crippen molar-refractivity contribution >= 4 is 0 Å². The summed E-state index contributed by atoms with van der Waals surface area (Å²) in [6, 6.07) is 13.9. The van der Waals surface area contributed by atoms with Crippen LogP contribution in [0.3, 0.4) is 0 Å². The fraction of sp³-hybridized carbons (Fsp3) is 0.294. The summed E-state index contributed by atoms with van der Waals surface area (Å²) in [5.41, 5.74) is 4.57. The Hall–Kier alpha value is -1.80. The Morgan fingerprint density at radius 2 is 1.84 bits per heavy atom. The Kier molecular flexibility index (Phi) is 4.23. The maximum Gasteiger partial charge on any atom is 0.119 e. The fourth-order valence-electron chi connectivity index (χ4n) is 2.12. The first-order valence-corrected chi connectivity index (χ1v) is 6.48. The largest absolute Gasteiger partial charge is 0.497 e. The van der Waals surface area contributed by atoms with Crippen LogP contribution in [0.15, 0.2) is 42.5 Å². The molecule has 2 rings (SSSR count). The van der Waals surface area contributed by atoms with Crippen molar-refractivity contribution in [3.05, 3.63) is 64.7 Å². The van der Waals surface area contributed by atoms with Crippen LogP contribution in [0.1, 0.15) is 28.4 Å². The van der Waals surface area contributed by atoms with Crippen LogP contribution in [0.25, 0.3) is 0 Å². The molecule has 0 saturated heterocycles. The van der Waals surface area contributed by atoms with Gasteiger partial charge in [-0.1, -0.05) is 30.3 Å². The summed E-state index contributed by atoms with van der Waals surface area (Å²) < 4.78 is 5.18. The van der Waals surface area contributed by atoms with Crippen molar-refractivity contribution in [1.82, 2.24) is 0 Å². The van der Waals surface area contributed by atoms with Crippen LogP contribution in [0.4, 0.5) is 0 Å². The van der Waals surface area contributed by atoms with E-state index in [2.05, 4.69) is 32.0 Å². The molecule has 0 saturated carbocycles. The van der Waals surface area contributed by atoms with Crippen LogP contribution in [-0.2, 0) is 6.42 Å². The molecule has 2 heteroatoms. The SMILES string of the molecule is COc1cccc(C(O)Cc2ccc(C)c(C)c2)c1. The van der Waals surface area contributed by atoms with E-state index in [4.69, 9.17) is 4.74 Å². The smallest absolute Gasteiger partial charge is 0.119 e. The van der Waals surface area contributed by atoms with Crippen molar-refractivity contribution in [3.63, 3.8) is 0 Å². The quantitative estimate of drug-likeness (QED) is 0.906. The first kappa shape index (κ1) is 13.6. The molecule has 1 atom stereocenters. The first-order valence-electron chi connectivity index (χ1n) is 6.48. The summed E-state index contributed by atoms with van der Waals surface area (Å²) in [7, 11) is 1.63. The monoisotopic (exact) mass is 256 g/mol. The molecule has 1 N–H and O–H groups in total. The lowest BCUT2D eigenvalue weighted by atomic mass is 9.98. The average Bonchev–Trinajstić information content (AvgIpc) is 2.43. The molecule has 19 heavy (non-hydrogen) atoms. The topological polar surface area (TPSA) is 29.5 Å². The van der Waals surface area contributed by atoms with Gasteiger partial charge < -0.3 is 9.84 Å². The van der Waals surface area contributed by atoms with Gasteiger partial charge in [-0.3, -0.25) is 0 Å². The Morgan fingerprint density at radius 3 is 2.53 bits per heavy atom. The molecule has 0 fully saturated rings. The number of methoxy groups -OCH3 is 1. The Morgan fingerprint density at radius 1 is 1.05 bits per heavy atom. The maximum absolute atomic E-state index is 10.3. The summed E-state index contributed by atoms with van der Waals surface area (Å²) in [6.07, 6.45) is 0.117. The number of aliphatic hydroxyl groups is 1. The van der Waals surface area contributed by atoms with Crippen LogP contribution in [0.5, 0.6) is 5.75 Å². The summed E-state index contributed by atoms with van der Waals surface area (Å²) in [5.74, 6) is 0.775. The number of hydrogen-bond acceptors (Lipinski definition) is 2. The van der Waals surface area contributed by atoms with Gasteiger partial charge in [-0.2, -0.15) is 0 Å². The molecule has 0 aliphatic heterocycles. The summed E-state index contributed by atoms with van der Waals surface area (Å²) >= 11 is 0. The minimum absolute atomic E-state index is 0.503. The maximum atomic E-state index is 10.3. The zero-order valence-corrected chi connectivity index (χ0v) is 11.7. The summed E-state index contributed by atoms with van der Waals surface area (Å²) in [5, 5.41) is 10.3. The van der Waals surface area contributed by atoms with Gasteiger partial charge >= 0.3 is 0 Å². The summed E-state index contributed by atoms with van der Waals surface area (Å²) in [4.78, 5) is 0. The van der Waals surface area contributed by atoms with Gasteiger partial charge in [-0.05, 0) is 48.2 Å². The second-order valence-corrected chi connectivity index (χ2v) is 4.92. The van der Waals surface area contributed by atoms with Gasteiger partial charge in [0.1, 0.15) is 5.75 Å². The predicted octanol–water partition coefficient (Wildman–Crippen LogP) is 3.59. The van der Waals surface area contributed by atoms with Crippen LogP contribution in [0, 0.1) is 13.8 Å². The molecule has 0 amide bonds. The molecule has 0 heterocycles. The van der Waals surface area contributed by atoms with E-state index >= 15 is 0 Å². The lowest BCUT2D eigenvalue weighted by Gasteiger charge is -2.13. The van der Waals surface area contributed by atoms with Gasteiger partial charge in [0.25, 0.3) is 0 Å². The second-order valence-electron chi connectivity index (χ2n) is 4.92. The van der Waals surface area contributed by atoms with E-state index in [0.717, 1.165) is 16.9 Å². The third-order valence-electron chi connectivity index (χ3n) is 3.48. The van der Waals surface area contributed by atoms with E-state index in [1.807, 2.05) is 24.3 Å². The molecule has 0 radical (unpaired) electrons. The highest BCUT2D eigenvalue weighted by Crippen LogP contribution is 2.23. The molecular weight excluding hydrogens is 236 g/mol. The second kappa shape index (κ2) is 5.89. The van der Waals surface area contributed by atoms with Crippen molar-refractivity contribution in [2.24, 2.45) is 0 Å². The molecule has 2 aromatic rings. The third-order valence-corrected chi connectivity index (χ3v) is 3.48. The van der Waals surface area contributed by atoms with E-state index < -0.39 is 6.10 Å². The van der Waals surface area contributed by atoms with E-state index in [9.17, 15) is 5.11 Å². The highest BCUT2D eigenvalue weighted by molar-refractivity contribution is 5.33. The van der Waals surface area contributed by atoms with Gasteiger partial charge in [0, 0.05) is 6.42 Å². The van der Waals surface area contributed by atoms with E-state index in [1.54, 1.807) is 7.11 Å². The van der Waals surface area contributed by atoms with Crippen molar-refractivity contribution < 1.29 is 9.84 Å². The average molecular weight is 256 g/mol. The van der Waals surface area contributed by atoms with E-state index in [0.29, 0.717) is 6.42 Å². The van der Waals surface area contributed by atoms with Crippen molar-refractivity contribution in [1.29, 1.82) is 0 Å². The number of rotatable bonds is 4. The number of benzene rings is 2. The highest BCUT2D eigenvalue weighted by atomic mass is 16.5. The van der Waals surface area contributed by atoms with E-state index in [-0.39, 0.29) is 0 Å². The fourth-order valence-corrected chi connectivity index (χ4v) is 2.12. The third kappa shape index (κ3) is 3.36.